The van der Waals surface area contributed by atoms with Gasteiger partial charge in [0.05, 0.1) is 13.1 Å². The van der Waals surface area contributed by atoms with Gasteiger partial charge in [-0.1, -0.05) is 13.8 Å². The van der Waals surface area contributed by atoms with Crippen LogP contribution in [0.3, 0.4) is 0 Å². The molecule has 0 bridgehead atoms. The summed E-state index contributed by atoms with van der Waals surface area (Å²) in [6, 6.07) is 4.21. The van der Waals surface area contributed by atoms with Crippen LogP contribution in [0.1, 0.15) is 38.2 Å². The molecule has 0 saturated carbocycles. The average Bonchev–Trinajstić information content (AvgIpc) is 2.90. The Morgan fingerprint density at radius 2 is 2.24 bits per heavy atom. The summed E-state index contributed by atoms with van der Waals surface area (Å²) in [5.74, 6) is 3.00. The smallest absolute Gasteiger partial charge is 0.118 e. The highest BCUT2D eigenvalue weighted by molar-refractivity contribution is 5.07. The van der Waals surface area contributed by atoms with Crippen molar-refractivity contribution in [3.63, 3.8) is 0 Å². The monoisotopic (exact) mass is 236 g/mol. The number of nitrogens with zero attached hydrogens (tertiary/aromatic N) is 1. The molecule has 1 N–H and O–H groups in total. The molecule has 2 heterocycles. The van der Waals surface area contributed by atoms with Crippen LogP contribution in [-0.2, 0) is 13.1 Å². The SMILES string of the molecule is CCCNCc1ccc(CN2CCC(C)C2)o1. The zero-order valence-corrected chi connectivity index (χ0v) is 11.0. The highest BCUT2D eigenvalue weighted by Gasteiger charge is 2.19. The Morgan fingerprint density at radius 1 is 1.41 bits per heavy atom. The highest BCUT2D eigenvalue weighted by Crippen LogP contribution is 2.18. The minimum atomic E-state index is 0.843. The van der Waals surface area contributed by atoms with E-state index in [9.17, 15) is 0 Å². The summed E-state index contributed by atoms with van der Waals surface area (Å²) in [5.41, 5.74) is 0. The summed E-state index contributed by atoms with van der Waals surface area (Å²) in [5, 5.41) is 3.36. The van der Waals surface area contributed by atoms with Crippen molar-refractivity contribution in [3.8, 4) is 0 Å². The van der Waals surface area contributed by atoms with Crippen molar-refractivity contribution >= 4 is 0 Å². The number of rotatable bonds is 6. The Morgan fingerprint density at radius 3 is 2.94 bits per heavy atom. The van der Waals surface area contributed by atoms with Crippen molar-refractivity contribution in [1.82, 2.24) is 10.2 Å². The van der Waals surface area contributed by atoms with Gasteiger partial charge in [-0.05, 0) is 44.0 Å². The Balaban J connectivity index is 1.77. The zero-order valence-electron chi connectivity index (χ0n) is 11.0. The van der Waals surface area contributed by atoms with E-state index in [1.807, 2.05) is 0 Å². The van der Waals surface area contributed by atoms with E-state index < -0.39 is 0 Å². The Bertz CT molecular complexity index is 335. The lowest BCUT2D eigenvalue weighted by Crippen LogP contribution is -2.19. The fourth-order valence-electron chi connectivity index (χ4n) is 2.38. The van der Waals surface area contributed by atoms with Gasteiger partial charge in [-0.3, -0.25) is 4.90 Å². The van der Waals surface area contributed by atoms with E-state index in [0.29, 0.717) is 0 Å². The molecule has 0 amide bonds. The van der Waals surface area contributed by atoms with Crippen molar-refractivity contribution < 1.29 is 4.42 Å². The van der Waals surface area contributed by atoms with Gasteiger partial charge in [0, 0.05) is 6.54 Å². The van der Waals surface area contributed by atoms with Gasteiger partial charge in [0.15, 0.2) is 0 Å². The molecule has 0 spiro atoms. The van der Waals surface area contributed by atoms with Crippen molar-refractivity contribution in [2.24, 2.45) is 5.92 Å². The molecule has 1 saturated heterocycles. The van der Waals surface area contributed by atoms with Gasteiger partial charge in [0.2, 0.25) is 0 Å². The van der Waals surface area contributed by atoms with Crippen LogP contribution in [0.4, 0.5) is 0 Å². The summed E-state index contributed by atoms with van der Waals surface area (Å²) in [6.07, 6.45) is 2.49. The highest BCUT2D eigenvalue weighted by atomic mass is 16.3. The molecule has 3 nitrogen and oxygen atoms in total. The normalized spacial score (nSPS) is 21.2. The fraction of sp³-hybridized carbons (Fsp3) is 0.714. The predicted octanol–water partition coefficient (Wildman–Crippen LogP) is 2.62. The predicted molar refractivity (Wildman–Crippen MR) is 69.8 cm³/mol. The quantitative estimate of drug-likeness (QED) is 0.770. The van der Waals surface area contributed by atoms with Gasteiger partial charge in [0.1, 0.15) is 11.5 Å². The van der Waals surface area contributed by atoms with Crippen LogP contribution in [0.25, 0.3) is 0 Å². The second kappa shape index (κ2) is 6.22. The van der Waals surface area contributed by atoms with Gasteiger partial charge in [-0.25, -0.2) is 0 Å². The second-order valence-electron chi connectivity index (χ2n) is 5.17. The van der Waals surface area contributed by atoms with Crippen molar-refractivity contribution in [2.45, 2.75) is 39.8 Å². The minimum Gasteiger partial charge on any atom is -0.463 e. The summed E-state index contributed by atoms with van der Waals surface area (Å²) >= 11 is 0. The summed E-state index contributed by atoms with van der Waals surface area (Å²) in [7, 11) is 0. The third-order valence-corrected chi connectivity index (χ3v) is 3.33. The maximum atomic E-state index is 5.82. The molecule has 2 rings (SSSR count). The topological polar surface area (TPSA) is 28.4 Å². The molecule has 17 heavy (non-hydrogen) atoms. The van der Waals surface area contributed by atoms with E-state index in [0.717, 1.165) is 37.1 Å². The number of hydrogen-bond acceptors (Lipinski definition) is 3. The largest absolute Gasteiger partial charge is 0.463 e. The third-order valence-electron chi connectivity index (χ3n) is 3.33. The number of furan rings is 1. The molecule has 1 aliphatic rings. The van der Waals surface area contributed by atoms with Crippen LogP contribution in [0.15, 0.2) is 16.5 Å². The Hall–Kier alpha value is -0.800. The molecule has 96 valence electrons. The maximum absolute atomic E-state index is 5.82. The minimum absolute atomic E-state index is 0.843. The zero-order chi connectivity index (χ0) is 12.1. The van der Waals surface area contributed by atoms with Gasteiger partial charge < -0.3 is 9.73 Å². The second-order valence-corrected chi connectivity index (χ2v) is 5.17. The Labute approximate surface area is 104 Å². The van der Waals surface area contributed by atoms with Crippen LogP contribution in [0, 0.1) is 5.92 Å². The maximum Gasteiger partial charge on any atom is 0.118 e. The first-order chi connectivity index (χ1) is 8.28. The van der Waals surface area contributed by atoms with Crippen molar-refractivity contribution in [2.75, 3.05) is 19.6 Å². The van der Waals surface area contributed by atoms with Crippen molar-refractivity contribution in [3.05, 3.63) is 23.7 Å². The molecule has 0 radical (unpaired) electrons. The van der Waals surface area contributed by atoms with Gasteiger partial charge in [-0.2, -0.15) is 0 Å². The molecular weight excluding hydrogens is 212 g/mol. The van der Waals surface area contributed by atoms with E-state index in [1.165, 1.54) is 25.9 Å². The molecule has 0 aromatic carbocycles. The molecule has 1 aromatic rings. The first-order valence-electron chi connectivity index (χ1n) is 6.78. The summed E-state index contributed by atoms with van der Waals surface area (Å²) < 4.78 is 5.82. The third kappa shape index (κ3) is 3.86. The molecule has 1 fully saturated rings. The lowest BCUT2D eigenvalue weighted by atomic mass is 10.2. The van der Waals surface area contributed by atoms with Crippen LogP contribution in [0.2, 0.25) is 0 Å². The summed E-state index contributed by atoms with van der Waals surface area (Å²) in [6.45, 7) is 9.80. The number of hydrogen-bond donors (Lipinski definition) is 1. The van der Waals surface area contributed by atoms with E-state index in [1.54, 1.807) is 0 Å². The van der Waals surface area contributed by atoms with Crippen LogP contribution in [-0.4, -0.2) is 24.5 Å². The van der Waals surface area contributed by atoms with Crippen LogP contribution < -0.4 is 5.32 Å². The van der Waals surface area contributed by atoms with Crippen molar-refractivity contribution in [1.29, 1.82) is 0 Å². The number of nitrogens with one attached hydrogen (secondary N) is 1. The van der Waals surface area contributed by atoms with E-state index in [-0.39, 0.29) is 0 Å². The van der Waals surface area contributed by atoms with E-state index in [2.05, 4.69) is 36.2 Å². The lowest BCUT2D eigenvalue weighted by Gasteiger charge is -2.12. The van der Waals surface area contributed by atoms with Crippen LogP contribution >= 0.6 is 0 Å². The molecule has 1 atom stereocenters. The summed E-state index contributed by atoms with van der Waals surface area (Å²) in [4.78, 5) is 2.48. The first-order valence-corrected chi connectivity index (χ1v) is 6.78. The molecule has 1 aromatic heterocycles. The molecule has 3 heteroatoms. The molecule has 1 aliphatic heterocycles. The van der Waals surface area contributed by atoms with Gasteiger partial charge in [0.25, 0.3) is 0 Å². The molecular formula is C14H24N2O. The van der Waals surface area contributed by atoms with Crippen LogP contribution in [0.5, 0.6) is 0 Å². The number of likely N-dealkylation sites (tertiary alicyclic amines) is 1. The lowest BCUT2D eigenvalue weighted by molar-refractivity contribution is 0.284. The average molecular weight is 236 g/mol. The van der Waals surface area contributed by atoms with E-state index >= 15 is 0 Å². The van der Waals surface area contributed by atoms with Gasteiger partial charge >= 0.3 is 0 Å². The first kappa shape index (κ1) is 12.7. The molecule has 1 unspecified atom stereocenters. The van der Waals surface area contributed by atoms with E-state index in [4.69, 9.17) is 4.42 Å². The Kier molecular flexibility index (Phi) is 4.63. The standard InChI is InChI=1S/C14H24N2O/c1-3-7-15-9-13-4-5-14(17-13)11-16-8-6-12(2)10-16/h4-5,12,15H,3,6-11H2,1-2H3. The fourth-order valence-corrected chi connectivity index (χ4v) is 2.38. The molecule has 0 aliphatic carbocycles. The van der Waals surface area contributed by atoms with Gasteiger partial charge in [-0.15, -0.1) is 0 Å².